The highest BCUT2D eigenvalue weighted by atomic mass is 32.2. The van der Waals surface area contributed by atoms with E-state index < -0.39 is 0 Å². The fourth-order valence-electron chi connectivity index (χ4n) is 1.38. The largest absolute Gasteiger partial charge is 0.393 e. The molecule has 86 valence electrons. The Hall–Kier alpha value is -1.18. The van der Waals surface area contributed by atoms with E-state index in [2.05, 4.69) is 11.4 Å². The van der Waals surface area contributed by atoms with E-state index in [1.807, 2.05) is 24.5 Å². The number of nitrogens with zero attached hydrogens (tertiary/aromatic N) is 1. The first kappa shape index (κ1) is 12.9. The Bertz CT molecular complexity index is 385. The number of benzene rings is 1. The number of anilines is 1. The van der Waals surface area contributed by atoms with E-state index in [4.69, 9.17) is 10.4 Å². The van der Waals surface area contributed by atoms with Crippen molar-refractivity contribution in [2.45, 2.75) is 24.3 Å². The molecule has 0 amide bonds. The smallest absolute Gasteiger partial charge is 0.102 e. The summed E-state index contributed by atoms with van der Waals surface area (Å²) >= 11 is 1.56. The molecule has 0 bridgehead atoms. The Labute approximate surface area is 100 Å². The molecule has 0 heterocycles. The fourth-order valence-corrected chi connectivity index (χ4v) is 1.95. The van der Waals surface area contributed by atoms with E-state index in [9.17, 15) is 0 Å². The molecule has 2 N–H and O–H groups in total. The van der Waals surface area contributed by atoms with Gasteiger partial charge in [0.05, 0.1) is 17.4 Å². The van der Waals surface area contributed by atoms with Crippen LogP contribution in [0.3, 0.4) is 0 Å². The zero-order valence-electron chi connectivity index (χ0n) is 9.53. The molecular weight excluding hydrogens is 220 g/mol. The molecule has 3 nitrogen and oxygen atoms in total. The number of thioether (sulfide) groups is 1. The molecule has 16 heavy (non-hydrogen) atoms. The van der Waals surface area contributed by atoms with Crippen LogP contribution in [0.25, 0.3) is 0 Å². The van der Waals surface area contributed by atoms with Crippen LogP contribution in [-0.4, -0.2) is 24.0 Å². The number of hydrogen-bond donors (Lipinski definition) is 2. The number of aliphatic hydroxyl groups is 1. The van der Waals surface area contributed by atoms with Crippen LogP contribution in [-0.2, 0) is 0 Å². The molecule has 1 atom stereocenters. The quantitative estimate of drug-likeness (QED) is 0.771. The van der Waals surface area contributed by atoms with Crippen molar-refractivity contribution in [2.75, 3.05) is 18.1 Å². The third-order valence-corrected chi connectivity index (χ3v) is 3.02. The van der Waals surface area contributed by atoms with Gasteiger partial charge in [0.2, 0.25) is 0 Å². The first-order valence-electron chi connectivity index (χ1n) is 5.18. The van der Waals surface area contributed by atoms with Crippen molar-refractivity contribution >= 4 is 17.4 Å². The van der Waals surface area contributed by atoms with Crippen molar-refractivity contribution in [3.8, 4) is 6.07 Å². The minimum Gasteiger partial charge on any atom is -0.393 e. The summed E-state index contributed by atoms with van der Waals surface area (Å²) in [5.41, 5.74) is 1.52. The van der Waals surface area contributed by atoms with Crippen LogP contribution >= 0.6 is 11.8 Å². The van der Waals surface area contributed by atoms with Gasteiger partial charge in [0, 0.05) is 11.4 Å². The Kier molecular flexibility index (Phi) is 5.17. The first-order chi connectivity index (χ1) is 7.69. The number of aliphatic hydroxyl groups excluding tert-OH is 1. The van der Waals surface area contributed by atoms with Gasteiger partial charge in [-0.1, -0.05) is 6.07 Å². The maximum atomic E-state index is 9.15. The van der Waals surface area contributed by atoms with Gasteiger partial charge in [0.25, 0.3) is 0 Å². The molecule has 0 saturated heterocycles. The Morgan fingerprint density at radius 1 is 1.56 bits per heavy atom. The maximum Gasteiger partial charge on any atom is 0.102 e. The molecular formula is C12H16N2OS. The number of nitriles is 1. The van der Waals surface area contributed by atoms with Gasteiger partial charge < -0.3 is 10.4 Å². The van der Waals surface area contributed by atoms with Crippen LogP contribution in [0.1, 0.15) is 18.9 Å². The molecule has 0 aliphatic carbocycles. The van der Waals surface area contributed by atoms with Crippen molar-refractivity contribution in [1.29, 1.82) is 5.26 Å². The average molecular weight is 236 g/mol. The van der Waals surface area contributed by atoms with Gasteiger partial charge in [-0.05, 0) is 31.7 Å². The van der Waals surface area contributed by atoms with Gasteiger partial charge in [0.1, 0.15) is 6.07 Å². The van der Waals surface area contributed by atoms with E-state index in [0.29, 0.717) is 18.5 Å². The first-order valence-corrected chi connectivity index (χ1v) is 6.40. The lowest BCUT2D eigenvalue weighted by Gasteiger charge is -2.11. The molecule has 1 rings (SSSR count). The predicted molar refractivity (Wildman–Crippen MR) is 67.7 cm³/mol. The molecule has 0 spiro atoms. The summed E-state index contributed by atoms with van der Waals surface area (Å²) in [5.74, 6) is 0. The third kappa shape index (κ3) is 3.44. The summed E-state index contributed by atoms with van der Waals surface area (Å²) < 4.78 is 0. The third-order valence-electron chi connectivity index (χ3n) is 2.24. The van der Waals surface area contributed by atoms with Crippen LogP contribution in [0.15, 0.2) is 23.1 Å². The lowest BCUT2D eigenvalue weighted by molar-refractivity contribution is 0.189. The maximum absolute atomic E-state index is 9.15. The Morgan fingerprint density at radius 3 is 2.88 bits per heavy atom. The second-order valence-electron chi connectivity index (χ2n) is 3.56. The number of hydrogen-bond acceptors (Lipinski definition) is 4. The summed E-state index contributed by atoms with van der Waals surface area (Å²) in [5, 5.41) is 21.4. The molecule has 0 aliphatic rings. The van der Waals surface area contributed by atoms with Crippen molar-refractivity contribution in [1.82, 2.24) is 0 Å². The van der Waals surface area contributed by atoms with E-state index in [1.165, 1.54) is 0 Å². The summed E-state index contributed by atoms with van der Waals surface area (Å²) in [6.07, 6.45) is 2.31. The van der Waals surface area contributed by atoms with Crippen LogP contribution in [0.5, 0.6) is 0 Å². The predicted octanol–water partition coefficient (Wildman–Crippen LogP) is 2.46. The lowest BCUT2D eigenvalue weighted by Crippen LogP contribution is -2.10. The van der Waals surface area contributed by atoms with Crippen molar-refractivity contribution in [3.63, 3.8) is 0 Å². The van der Waals surface area contributed by atoms with E-state index in [-0.39, 0.29) is 6.10 Å². The topological polar surface area (TPSA) is 56.0 Å². The minimum absolute atomic E-state index is 0.318. The summed E-state index contributed by atoms with van der Waals surface area (Å²) in [6.45, 7) is 2.43. The van der Waals surface area contributed by atoms with E-state index in [0.717, 1.165) is 10.6 Å². The minimum atomic E-state index is -0.318. The van der Waals surface area contributed by atoms with Crippen molar-refractivity contribution in [2.24, 2.45) is 0 Å². The standard InChI is InChI=1S/C12H16N2OS/c1-9(15)6-7-14-11-4-3-5-12(16-2)10(11)8-13/h3-5,9,14-15H,6-7H2,1-2H3. The highest BCUT2D eigenvalue weighted by Crippen LogP contribution is 2.26. The number of rotatable bonds is 5. The van der Waals surface area contributed by atoms with Crippen molar-refractivity contribution < 1.29 is 5.11 Å². The van der Waals surface area contributed by atoms with Crippen LogP contribution in [0.2, 0.25) is 0 Å². The van der Waals surface area contributed by atoms with E-state index in [1.54, 1.807) is 18.7 Å². The van der Waals surface area contributed by atoms with Crippen LogP contribution in [0.4, 0.5) is 5.69 Å². The molecule has 1 unspecified atom stereocenters. The van der Waals surface area contributed by atoms with Gasteiger partial charge >= 0.3 is 0 Å². The average Bonchev–Trinajstić information content (AvgIpc) is 2.28. The monoisotopic (exact) mass is 236 g/mol. The van der Waals surface area contributed by atoms with Gasteiger partial charge in [-0.3, -0.25) is 0 Å². The van der Waals surface area contributed by atoms with Gasteiger partial charge in [-0.2, -0.15) is 5.26 Å². The molecule has 1 aromatic carbocycles. The Morgan fingerprint density at radius 2 is 2.31 bits per heavy atom. The normalized spacial score (nSPS) is 11.9. The number of nitrogens with one attached hydrogen (secondary N) is 1. The second kappa shape index (κ2) is 6.41. The summed E-state index contributed by atoms with van der Waals surface area (Å²) in [6, 6.07) is 7.96. The SMILES string of the molecule is CSc1cccc(NCCC(C)O)c1C#N. The lowest BCUT2D eigenvalue weighted by atomic mass is 10.2. The molecule has 4 heteroatoms. The molecule has 0 saturated carbocycles. The van der Waals surface area contributed by atoms with Gasteiger partial charge in [0.15, 0.2) is 0 Å². The molecule has 0 fully saturated rings. The highest BCUT2D eigenvalue weighted by molar-refractivity contribution is 7.98. The Balaban J connectivity index is 2.76. The fraction of sp³-hybridized carbons (Fsp3) is 0.417. The zero-order chi connectivity index (χ0) is 12.0. The van der Waals surface area contributed by atoms with Crippen LogP contribution in [0, 0.1) is 11.3 Å². The van der Waals surface area contributed by atoms with E-state index >= 15 is 0 Å². The van der Waals surface area contributed by atoms with Crippen LogP contribution < -0.4 is 5.32 Å². The highest BCUT2D eigenvalue weighted by Gasteiger charge is 2.06. The molecule has 0 aromatic heterocycles. The van der Waals surface area contributed by atoms with Gasteiger partial charge in [-0.15, -0.1) is 11.8 Å². The van der Waals surface area contributed by atoms with Gasteiger partial charge in [-0.25, -0.2) is 0 Å². The second-order valence-corrected chi connectivity index (χ2v) is 4.41. The summed E-state index contributed by atoms with van der Waals surface area (Å²) in [4.78, 5) is 0.976. The summed E-state index contributed by atoms with van der Waals surface area (Å²) in [7, 11) is 0. The van der Waals surface area contributed by atoms with Crippen molar-refractivity contribution in [3.05, 3.63) is 23.8 Å². The molecule has 1 aromatic rings. The molecule has 0 radical (unpaired) electrons. The molecule has 0 aliphatic heterocycles. The zero-order valence-corrected chi connectivity index (χ0v) is 10.3.